The lowest BCUT2D eigenvalue weighted by Gasteiger charge is -2.30. The molecular weight excluding hydrogens is 204 g/mol. The molecule has 4 nitrogen and oxygen atoms in total. The van der Waals surface area contributed by atoms with Gasteiger partial charge < -0.3 is 9.64 Å². The van der Waals surface area contributed by atoms with Crippen LogP contribution in [0.5, 0.6) is 0 Å². The van der Waals surface area contributed by atoms with E-state index < -0.39 is 0 Å². The van der Waals surface area contributed by atoms with Crippen molar-refractivity contribution < 1.29 is 9.53 Å². The van der Waals surface area contributed by atoms with Crippen LogP contribution in [0.2, 0.25) is 0 Å². The highest BCUT2D eigenvalue weighted by Gasteiger charge is 2.26. The Bertz CT molecular complexity index is 219. The molecule has 1 heterocycles. The molecule has 0 N–H and O–H groups in total. The Labute approximate surface area is 98.5 Å². The molecule has 0 bridgehead atoms. The topological polar surface area (TPSA) is 32.8 Å². The third kappa shape index (κ3) is 4.49. The summed E-state index contributed by atoms with van der Waals surface area (Å²) in [5.41, 5.74) is 0. The standard InChI is InChI=1S/C12H24N2O2/c1-13(2)8-6-10-16-12(15)11-7-4-5-9-14(11)3/h11H,4-10H2,1-3H3. The molecule has 0 saturated carbocycles. The lowest BCUT2D eigenvalue weighted by molar-refractivity contribution is -0.150. The van der Waals surface area contributed by atoms with E-state index in [4.69, 9.17) is 4.74 Å². The molecule has 4 heteroatoms. The van der Waals surface area contributed by atoms with Gasteiger partial charge >= 0.3 is 5.97 Å². The molecule has 1 saturated heterocycles. The van der Waals surface area contributed by atoms with Crippen LogP contribution in [0.4, 0.5) is 0 Å². The van der Waals surface area contributed by atoms with E-state index >= 15 is 0 Å². The fourth-order valence-electron chi connectivity index (χ4n) is 2.02. The summed E-state index contributed by atoms with van der Waals surface area (Å²) in [4.78, 5) is 16.0. The minimum absolute atomic E-state index is 0.00638. The molecule has 0 amide bonds. The molecule has 1 aliphatic rings. The molecule has 0 radical (unpaired) electrons. The summed E-state index contributed by atoms with van der Waals surface area (Å²) in [6.45, 7) is 2.52. The van der Waals surface area contributed by atoms with Crippen LogP contribution >= 0.6 is 0 Å². The molecular formula is C12H24N2O2. The molecule has 0 aliphatic carbocycles. The van der Waals surface area contributed by atoms with Gasteiger partial charge in [-0.25, -0.2) is 0 Å². The van der Waals surface area contributed by atoms with Gasteiger partial charge in [-0.15, -0.1) is 0 Å². The lowest BCUT2D eigenvalue weighted by Crippen LogP contribution is -2.43. The van der Waals surface area contributed by atoms with E-state index in [0.717, 1.165) is 32.4 Å². The van der Waals surface area contributed by atoms with Crippen molar-refractivity contribution in [2.45, 2.75) is 31.7 Å². The maximum absolute atomic E-state index is 11.8. The van der Waals surface area contributed by atoms with Crippen LogP contribution in [0.15, 0.2) is 0 Å². The fraction of sp³-hybridized carbons (Fsp3) is 0.917. The largest absolute Gasteiger partial charge is 0.464 e. The molecule has 0 aromatic rings. The first-order valence-electron chi connectivity index (χ1n) is 6.13. The Morgan fingerprint density at radius 3 is 2.81 bits per heavy atom. The van der Waals surface area contributed by atoms with Crippen molar-refractivity contribution in [2.24, 2.45) is 0 Å². The molecule has 16 heavy (non-hydrogen) atoms. The van der Waals surface area contributed by atoms with E-state index in [1.165, 1.54) is 6.42 Å². The molecule has 0 aromatic heterocycles. The van der Waals surface area contributed by atoms with Gasteiger partial charge in [-0.2, -0.15) is 0 Å². The van der Waals surface area contributed by atoms with E-state index in [2.05, 4.69) is 9.80 Å². The first kappa shape index (κ1) is 13.5. The number of hydrogen-bond acceptors (Lipinski definition) is 4. The van der Waals surface area contributed by atoms with Gasteiger partial charge in [0.1, 0.15) is 6.04 Å². The van der Waals surface area contributed by atoms with Crippen molar-refractivity contribution >= 4 is 5.97 Å². The third-order valence-electron chi connectivity index (χ3n) is 3.04. The van der Waals surface area contributed by atoms with Gasteiger partial charge in [0.05, 0.1) is 6.61 Å². The van der Waals surface area contributed by atoms with Crippen LogP contribution in [-0.2, 0) is 9.53 Å². The second-order valence-electron chi connectivity index (χ2n) is 4.82. The first-order chi connectivity index (χ1) is 7.61. The van der Waals surface area contributed by atoms with Crippen LogP contribution < -0.4 is 0 Å². The maximum atomic E-state index is 11.8. The molecule has 0 spiro atoms. The van der Waals surface area contributed by atoms with Crippen LogP contribution in [0, 0.1) is 0 Å². The quantitative estimate of drug-likeness (QED) is 0.518. The predicted octanol–water partition coefficient (Wildman–Crippen LogP) is 0.966. The van der Waals surface area contributed by atoms with Crippen molar-refractivity contribution in [3.8, 4) is 0 Å². The number of likely N-dealkylation sites (tertiary alicyclic amines) is 1. The number of carbonyl (C=O) groups is 1. The summed E-state index contributed by atoms with van der Waals surface area (Å²) in [5, 5.41) is 0. The number of likely N-dealkylation sites (N-methyl/N-ethyl adjacent to an activating group) is 1. The van der Waals surface area contributed by atoms with Crippen LogP contribution in [-0.4, -0.2) is 62.7 Å². The third-order valence-corrected chi connectivity index (χ3v) is 3.04. The Balaban J connectivity index is 2.18. The molecule has 1 fully saturated rings. The number of nitrogens with zero attached hydrogens (tertiary/aromatic N) is 2. The van der Waals surface area contributed by atoms with Crippen LogP contribution in [0.1, 0.15) is 25.7 Å². The molecule has 1 atom stereocenters. The van der Waals surface area contributed by atoms with Gasteiger partial charge in [0.2, 0.25) is 0 Å². The van der Waals surface area contributed by atoms with Crippen molar-refractivity contribution in [3.63, 3.8) is 0 Å². The van der Waals surface area contributed by atoms with Gasteiger partial charge in [-0.05, 0) is 47.0 Å². The average molecular weight is 228 g/mol. The van der Waals surface area contributed by atoms with E-state index in [1.54, 1.807) is 0 Å². The van der Waals surface area contributed by atoms with Crippen molar-refractivity contribution in [2.75, 3.05) is 40.8 Å². The number of ether oxygens (including phenoxy) is 1. The highest BCUT2D eigenvalue weighted by Crippen LogP contribution is 2.16. The molecule has 1 rings (SSSR count). The van der Waals surface area contributed by atoms with E-state index in [0.29, 0.717) is 6.61 Å². The van der Waals surface area contributed by atoms with Crippen LogP contribution in [0.3, 0.4) is 0 Å². The summed E-state index contributed by atoms with van der Waals surface area (Å²) in [5.74, 6) is -0.0408. The lowest BCUT2D eigenvalue weighted by atomic mass is 10.0. The number of rotatable bonds is 5. The Morgan fingerprint density at radius 1 is 1.44 bits per heavy atom. The predicted molar refractivity (Wildman–Crippen MR) is 64.4 cm³/mol. The van der Waals surface area contributed by atoms with E-state index in [1.807, 2.05) is 21.1 Å². The zero-order chi connectivity index (χ0) is 12.0. The number of piperidine rings is 1. The van der Waals surface area contributed by atoms with Gasteiger partial charge in [0.15, 0.2) is 0 Å². The summed E-state index contributed by atoms with van der Waals surface area (Å²) < 4.78 is 5.30. The number of carbonyl (C=O) groups excluding carboxylic acids is 1. The average Bonchev–Trinajstić information content (AvgIpc) is 2.24. The van der Waals surface area contributed by atoms with Gasteiger partial charge in [0.25, 0.3) is 0 Å². The number of esters is 1. The summed E-state index contributed by atoms with van der Waals surface area (Å²) in [6, 6.07) is -0.00638. The fourth-order valence-corrected chi connectivity index (χ4v) is 2.02. The van der Waals surface area contributed by atoms with Gasteiger partial charge in [0, 0.05) is 6.54 Å². The number of hydrogen-bond donors (Lipinski definition) is 0. The zero-order valence-electron chi connectivity index (χ0n) is 10.7. The van der Waals surface area contributed by atoms with Crippen LogP contribution in [0.25, 0.3) is 0 Å². The van der Waals surface area contributed by atoms with E-state index in [-0.39, 0.29) is 12.0 Å². The normalized spacial score (nSPS) is 22.4. The van der Waals surface area contributed by atoms with Crippen molar-refractivity contribution in [1.29, 1.82) is 0 Å². The summed E-state index contributed by atoms with van der Waals surface area (Å²) >= 11 is 0. The first-order valence-corrected chi connectivity index (χ1v) is 6.13. The smallest absolute Gasteiger partial charge is 0.323 e. The van der Waals surface area contributed by atoms with Gasteiger partial charge in [-0.3, -0.25) is 9.69 Å². The Kier molecular flexibility index (Phi) is 5.77. The zero-order valence-corrected chi connectivity index (χ0v) is 10.7. The van der Waals surface area contributed by atoms with Gasteiger partial charge in [-0.1, -0.05) is 6.42 Å². The monoisotopic (exact) mass is 228 g/mol. The SMILES string of the molecule is CN(C)CCCOC(=O)C1CCCCN1C. The minimum Gasteiger partial charge on any atom is -0.464 e. The molecule has 94 valence electrons. The van der Waals surface area contributed by atoms with Crippen molar-refractivity contribution in [1.82, 2.24) is 9.80 Å². The minimum atomic E-state index is -0.0408. The summed E-state index contributed by atoms with van der Waals surface area (Å²) in [6.07, 6.45) is 4.20. The maximum Gasteiger partial charge on any atom is 0.323 e. The highest BCUT2D eigenvalue weighted by molar-refractivity contribution is 5.75. The van der Waals surface area contributed by atoms with Crippen molar-refractivity contribution in [3.05, 3.63) is 0 Å². The van der Waals surface area contributed by atoms with E-state index in [9.17, 15) is 4.79 Å². The molecule has 1 aliphatic heterocycles. The Hall–Kier alpha value is -0.610. The molecule has 1 unspecified atom stereocenters. The molecule has 0 aromatic carbocycles. The second kappa shape index (κ2) is 6.86. The second-order valence-corrected chi connectivity index (χ2v) is 4.82. The highest BCUT2D eigenvalue weighted by atomic mass is 16.5. The summed E-state index contributed by atoms with van der Waals surface area (Å²) in [7, 11) is 6.05. The Morgan fingerprint density at radius 2 is 2.19 bits per heavy atom.